The molecule has 4 aromatic rings. The fourth-order valence-corrected chi connectivity index (χ4v) is 6.89. The smallest absolute Gasteiger partial charge is 0.433 e. The van der Waals surface area contributed by atoms with Crippen LogP contribution in [0.25, 0.3) is 21.5 Å². The van der Waals surface area contributed by atoms with Crippen LogP contribution in [0.3, 0.4) is 0 Å². The Morgan fingerprint density at radius 1 is 1.32 bits per heavy atom. The Labute approximate surface area is 217 Å². The minimum Gasteiger partial charge on any atom is -0.464 e. The molecule has 3 N–H and O–H groups in total. The summed E-state index contributed by atoms with van der Waals surface area (Å²) in [5.41, 5.74) is 6.47. The Morgan fingerprint density at radius 3 is 2.78 bits per heavy atom. The van der Waals surface area contributed by atoms with E-state index in [1.807, 2.05) is 0 Å². The predicted molar refractivity (Wildman–Crippen MR) is 136 cm³/mol. The van der Waals surface area contributed by atoms with Crippen molar-refractivity contribution >= 4 is 55.5 Å². The molecule has 0 bridgehead atoms. The van der Waals surface area contributed by atoms with Crippen LogP contribution in [-0.2, 0) is 23.8 Å². The molecule has 0 saturated carbocycles. The molecule has 0 radical (unpaired) electrons. The number of nitrogen functional groups attached to an aromatic ring is 1. The third-order valence-electron chi connectivity index (χ3n) is 6.20. The van der Waals surface area contributed by atoms with E-state index in [1.165, 1.54) is 23.7 Å². The van der Waals surface area contributed by atoms with Gasteiger partial charge in [-0.05, 0) is 55.9 Å². The summed E-state index contributed by atoms with van der Waals surface area (Å²) in [6.07, 6.45) is -0.988. The van der Waals surface area contributed by atoms with Crippen molar-refractivity contribution in [3.8, 4) is 11.3 Å². The number of thiophene rings is 2. The van der Waals surface area contributed by atoms with Crippen molar-refractivity contribution in [1.29, 1.82) is 0 Å². The van der Waals surface area contributed by atoms with E-state index >= 15 is 0 Å². The van der Waals surface area contributed by atoms with Crippen LogP contribution in [0.5, 0.6) is 0 Å². The Hall–Kier alpha value is -3.38. The quantitative estimate of drug-likeness (QED) is 0.266. The molecule has 12 heteroatoms. The Balaban J connectivity index is 1.59. The second kappa shape index (κ2) is 9.49. The molecule has 194 valence electrons. The van der Waals surface area contributed by atoms with Gasteiger partial charge in [0.05, 0.1) is 24.1 Å². The molecule has 0 spiro atoms. The number of amides is 1. The molecule has 1 unspecified atom stereocenters. The summed E-state index contributed by atoms with van der Waals surface area (Å²) < 4.78 is 51.3. The fourth-order valence-electron chi connectivity index (χ4n) is 4.48. The number of esters is 1. The van der Waals surface area contributed by atoms with Gasteiger partial charge in [-0.3, -0.25) is 4.79 Å². The first kappa shape index (κ1) is 25.3. The molecule has 0 saturated heterocycles. The van der Waals surface area contributed by atoms with E-state index < -0.39 is 23.7 Å². The van der Waals surface area contributed by atoms with Crippen LogP contribution in [0.2, 0.25) is 0 Å². The maximum absolute atomic E-state index is 13.6. The van der Waals surface area contributed by atoms with Crippen LogP contribution < -0.4 is 11.1 Å². The summed E-state index contributed by atoms with van der Waals surface area (Å²) in [7, 11) is 0. The fraction of sp³-hybridized carbons (Fsp3) is 0.320. The number of carbonyl (C=O) groups is 2. The van der Waals surface area contributed by atoms with Gasteiger partial charge in [0.25, 0.3) is 5.91 Å². The molecule has 37 heavy (non-hydrogen) atoms. The zero-order chi connectivity index (χ0) is 26.5. The summed E-state index contributed by atoms with van der Waals surface area (Å²) >= 11 is 2.07. The van der Waals surface area contributed by atoms with E-state index in [-0.39, 0.29) is 38.7 Å². The van der Waals surface area contributed by atoms with E-state index in [0.717, 1.165) is 40.7 Å². The topological polar surface area (TPSA) is 107 Å². The van der Waals surface area contributed by atoms with Gasteiger partial charge < -0.3 is 20.2 Å². The summed E-state index contributed by atoms with van der Waals surface area (Å²) in [6.45, 7) is 4.01. The van der Waals surface area contributed by atoms with Gasteiger partial charge in [0.15, 0.2) is 0 Å². The Bertz CT molecular complexity index is 1510. The number of hydrogen-bond donors (Lipinski definition) is 2. The van der Waals surface area contributed by atoms with Crippen LogP contribution in [0.15, 0.2) is 28.9 Å². The molecule has 7 nitrogen and oxygen atoms in total. The van der Waals surface area contributed by atoms with Crippen molar-refractivity contribution in [2.24, 2.45) is 5.92 Å². The highest BCUT2D eigenvalue weighted by atomic mass is 32.1. The maximum atomic E-state index is 13.6. The number of alkyl halides is 3. The number of rotatable bonds is 5. The SMILES string of the molecule is CCOC(=O)c1c(NC(=O)c2sc3nc(C(F)(F)F)cc(-c4ccco4)c3c2N)sc2c1CCC(C)C2. The second-order valence-corrected chi connectivity index (χ2v) is 10.9. The highest BCUT2D eigenvalue weighted by Crippen LogP contribution is 2.44. The minimum absolute atomic E-state index is 0.0100. The lowest BCUT2D eigenvalue weighted by atomic mass is 9.88. The zero-order valence-electron chi connectivity index (χ0n) is 19.8. The molecule has 0 fully saturated rings. The molecule has 1 atom stereocenters. The predicted octanol–water partition coefficient (Wildman–Crippen LogP) is 6.77. The lowest BCUT2D eigenvalue weighted by Crippen LogP contribution is -2.16. The van der Waals surface area contributed by atoms with Crippen molar-refractivity contribution in [3.05, 3.63) is 51.0 Å². The number of halogens is 3. The lowest BCUT2D eigenvalue weighted by molar-refractivity contribution is -0.140. The van der Waals surface area contributed by atoms with Crippen LogP contribution in [0.1, 0.15) is 56.4 Å². The summed E-state index contributed by atoms with van der Waals surface area (Å²) in [5, 5.41) is 3.31. The van der Waals surface area contributed by atoms with Gasteiger partial charge in [-0.1, -0.05) is 6.92 Å². The maximum Gasteiger partial charge on any atom is 0.433 e. The number of anilines is 2. The minimum atomic E-state index is -4.71. The molecule has 1 aliphatic rings. The first-order valence-electron chi connectivity index (χ1n) is 11.6. The van der Waals surface area contributed by atoms with Crippen molar-refractivity contribution in [2.45, 2.75) is 39.3 Å². The normalized spacial score (nSPS) is 15.5. The average Bonchev–Trinajstić information content (AvgIpc) is 3.55. The van der Waals surface area contributed by atoms with Crippen LogP contribution >= 0.6 is 22.7 Å². The third-order valence-corrected chi connectivity index (χ3v) is 8.47. The van der Waals surface area contributed by atoms with Gasteiger partial charge in [-0.15, -0.1) is 22.7 Å². The van der Waals surface area contributed by atoms with Crippen LogP contribution in [0, 0.1) is 5.92 Å². The molecule has 5 rings (SSSR count). The number of hydrogen-bond acceptors (Lipinski definition) is 8. The number of nitrogens with one attached hydrogen (secondary N) is 1. The average molecular weight is 550 g/mol. The number of nitrogens with zero attached hydrogens (tertiary/aromatic N) is 1. The lowest BCUT2D eigenvalue weighted by Gasteiger charge is -2.18. The van der Waals surface area contributed by atoms with Crippen molar-refractivity contribution in [1.82, 2.24) is 4.98 Å². The zero-order valence-corrected chi connectivity index (χ0v) is 21.5. The Kier molecular flexibility index (Phi) is 6.48. The molecule has 0 aromatic carbocycles. The number of nitrogens with two attached hydrogens (primary N) is 1. The molecular weight excluding hydrogens is 527 g/mol. The number of fused-ring (bicyclic) bond motifs is 2. The van der Waals surface area contributed by atoms with E-state index in [1.54, 1.807) is 13.0 Å². The number of carbonyl (C=O) groups excluding carboxylic acids is 2. The first-order chi connectivity index (χ1) is 17.6. The van der Waals surface area contributed by atoms with Crippen molar-refractivity contribution in [2.75, 3.05) is 17.7 Å². The van der Waals surface area contributed by atoms with Gasteiger partial charge in [0, 0.05) is 15.8 Å². The van der Waals surface area contributed by atoms with Gasteiger partial charge in [0.1, 0.15) is 26.2 Å². The molecular formula is C25H22F3N3O4S2. The number of furan rings is 1. The first-order valence-corrected chi connectivity index (χ1v) is 13.2. The number of ether oxygens (including phenoxy) is 1. The molecule has 1 aliphatic carbocycles. The summed E-state index contributed by atoms with van der Waals surface area (Å²) in [4.78, 5) is 30.9. The van der Waals surface area contributed by atoms with Gasteiger partial charge >= 0.3 is 12.1 Å². The molecule has 0 aliphatic heterocycles. The van der Waals surface area contributed by atoms with E-state index in [0.29, 0.717) is 22.9 Å². The summed E-state index contributed by atoms with van der Waals surface area (Å²) in [5.74, 6) is -0.557. The third kappa shape index (κ3) is 4.59. The van der Waals surface area contributed by atoms with E-state index in [4.69, 9.17) is 14.9 Å². The summed E-state index contributed by atoms with van der Waals surface area (Å²) in [6, 6.07) is 3.91. The monoisotopic (exact) mass is 549 g/mol. The van der Waals surface area contributed by atoms with E-state index in [9.17, 15) is 22.8 Å². The molecule has 1 amide bonds. The Morgan fingerprint density at radius 2 is 2.11 bits per heavy atom. The highest BCUT2D eigenvalue weighted by Gasteiger charge is 2.35. The van der Waals surface area contributed by atoms with Crippen LogP contribution in [-0.4, -0.2) is 23.5 Å². The van der Waals surface area contributed by atoms with E-state index in [2.05, 4.69) is 17.2 Å². The van der Waals surface area contributed by atoms with Gasteiger partial charge in [-0.2, -0.15) is 13.2 Å². The standard InChI is InChI=1S/C25H22F3N3O4S2/c1-3-34-24(33)18-12-7-6-11(2)9-15(12)36-23(18)31-21(32)20-19(29)17-13(14-5-4-8-35-14)10-16(25(26,27)28)30-22(17)37-20/h4-5,8,10-11H,3,6-7,9,29H2,1-2H3,(H,31,32). The molecule has 4 heterocycles. The second-order valence-electron chi connectivity index (χ2n) is 8.79. The van der Waals surface area contributed by atoms with Crippen molar-refractivity contribution in [3.63, 3.8) is 0 Å². The highest BCUT2D eigenvalue weighted by molar-refractivity contribution is 7.21. The van der Waals surface area contributed by atoms with Gasteiger partial charge in [0.2, 0.25) is 0 Å². The number of aromatic nitrogens is 1. The largest absolute Gasteiger partial charge is 0.464 e. The van der Waals surface area contributed by atoms with Crippen molar-refractivity contribution < 1.29 is 31.9 Å². The molecule has 4 aromatic heterocycles. The number of pyridine rings is 1. The van der Waals surface area contributed by atoms with Gasteiger partial charge in [-0.25, -0.2) is 9.78 Å². The van der Waals surface area contributed by atoms with Crippen LogP contribution in [0.4, 0.5) is 23.9 Å².